The summed E-state index contributed by atoms with van der Waals surface area (Å²) >= 11 is 9.75. The van der Waals surface area contributed by atoms with E-state index in [1.165, 1.54) is 13.3 Å². The van der Waals surface area contributed by atoms with Crippen LogP contribution >= 0.6 is 27.5 Å². The highest BCUT2D eigenvalue weighted by atomic mass is 79.9. The first-order valence-electron chi connectivity index (χ1n) is 10.1. The van der Waals surface area contributed by atoms with E-state index in [1.807, 2.05) is 37.3 Å². The number of anilines is 2. The minimum Gasteiger partial charge on any atom is -0.493 e. The van der Waals surface area contributed by atoms with Crippen LogP contribution in [0.2, 0.25) is 5.02 Å². The zero-order valence-electron chi connectivity index (χ0n) is 18.4. The van der Waals surface area contributed by atoms with Crippen LogP contribution in [0.15, 0.2) is 70.2 Å². The van der Waals surface area contributed by atoms with Crippen molar-refractivity contribution in [2.24, 2.45) is 5.10 Å². The first-order chi connectivity index (χ1) is 16.4. The third kappa shape index (κ3) is 7.23. The molecule has 0 aliphatic carbocycles. The molecule has 3 aromatic rings. The Hall–Kier alpha value is -3.56. The van der Waals surface area contributed by atoms with Gasteiger partial charge in [-0.1, -0.05) is 45.7 Å². The molecule has 0 saturated carbocycles. The van der Waals surface area contributed by atoms with Crippen molar-refractivity contribution < 1.29 is 19.1 Å². The summed E-state index contributed by atoms with van der Waals surface area (Å²) in [7, 11) is 1.45. The number of rotatable bonds is 8. The van der Waals surface area contributed by atoms with Crippen LogP contribution in [0.5, 0.6) is 11.5 Å². The van der Waals surface area contributed by atoms with Crippen molar-refractivity contribution in [2.75, 3.05) is 24.4 Å². The zero-order chi connectivity index (χ0) is 24.5. The van der Waals surface area contributed by atoms with Crippen LogP contribution in [0, 0.1) is 6.92 Å². The molecule has 0 unspecified atom stereocenters. The SMILES string of the molecule is COc1cc(/C=N/NC(=O)Nc2ccc(Br)c(C)c2)cc(Cl)c1OCC(=O)Nc1ccccc1. The zero-order valence-corrected chi connectivity index (χ0v) is 20.7. The number of benzene rings is 3. The second-order valence-corrected chi connectivity index (χ2v) is 8.29. The number of halogens is 2. The van der Waals surface area contributed by atoms with Crippen LogP contribution in [-0.4, -0.2) is 31.9 Å². The average Bonchev–Trinajstić information content (AvgIpc) is 2.81. The molecule has 0 fully saturated rings. The summed E-state index contributed by atoms with van der Waals surface area (Å²) in [6, 6.07) is 17.2. The summed E-state index contributed by atoms with van der Waals surface area (Å²) in [5, 5.41) is 9.57. The molecule has 0 aromatic heterocycles. The second kappa shape index (κ2) is 12.1. The lowest BCUT2D eigenvalue weighted by Crippen LogP contribution is -2.24. The fraction of sp³-hybridized carbons (Fsp3) is 0.125. The van der Waals surface area contributed by atoms with Gasteiger partial charge in [-0.15, -0.1) is 0 Å². The highest BCUT2D eigenvalue weighted by Crippen LogP contribution is 2.36. The second-order valence-electron chi connectivity index (χ2n) is 7.03. The number of hydrogen-bond acceptors (Lipinski definition) is 5. The Morgan fingerprint density at radius 1 is 1.06 bits per heavy atom. The van der Waals surface area contributed by atoms with Gasteiger partial charge in [0.2, 0.25) is 0 Å². The Bertz CT molecular complexity index is 1210. The van der Waals surface area contributed by atoms with Gasteiger partial charge in [0.25, 0.3) is 5.91 Å². The van der Waals surface area contributed by atoms with E-state index in [0.29, 0.717) is 22.7 Å². The van der Waals surface area contributed by atoms with Crippen molar-refractivity contribution in [1.82, 2.24) is 5.43 Å². The average molecular weight is 546 g/mol. The van der Waals surface area contributed by atoms with Crippen LogP contribution in [0.25, 0.3) is 0 Å². The first kappa shape index (κ1) is 25.1. The molecule has 3 aromatic carbocycles. The molecule has 8 nitrogen and oxygen atoms in total. The number of nitrogens with zero attached hydrogens (tertiary/aromatic N) is 1. The van der Waals surface area contributed by atoms with Gasteiger partial charge in [0.05, 0.1) is 18.3 Å². The highest BCUT2D eigenvalue weighted by Gasteiger charge is 2.14. The van der Waals surface area contributed by atoms with Crippen molar-refractivity contribution >= 4 is 57.1 Å². The van der Waals surface area contributed by atoms with Gasteiger partial charge in [0.1, 0.15) is 0 Å². The molecule has 0 atom stereocenters. The van der Waals surface area contributed by atoms with E-state index in [9.17, 15) is 9.59 Å². The first-order valence-corrected chi connectivity index (χ1v) is 11.2. The van der Waals surface area contributed by atoms with Crippen molar-refractivity contribution in [3.8, 4) is 11.5 Å². The number of para-hydroxylation sites is 1. The molecule has 0 spiro atoms. The lowest BCUT2D eigenvalue weighted by atomic mass is 10.2. The maximum atomic E-state index is 12.1. The number of carbonyl (C=O) groups excluding carboxylic acids is 2. The van der Waals surface area contributed by atoms with Gasteiger partial charge in [-0.05, 0) is 60.5 Å². The molecule has 176 valence electrons. The van der Waals surface area contributed by atoms with Crippen molar-refractivity contribution in [1.29, 1.82) is 0 Å². The number of methoxy groups -OCH3 is 1. The van der Waals surface area contributed by atoms with Crippen LogP contribution in [0.3, 0.4) is 0 Å². The maximum absolute atomic E-state index is 12.1. The van der Waals surface area contributed by atoms with Crippen molar-refractivity contribution in [2.45, 2.75) is 6.92 Å². The summed E-state index contributed by atoms with van der Waals surface area (Å²) in [6.07, 6.45) is 1.41. The maximum Gasteiger partial charge on any atom is 0.339 e. The Morgan fingerprint density at radius 2 is 1.82 bits per heavy atom. The third-order valence-electron chi connectivity index (χ3n) is 4.45. The predicted molar refractivity (Wildman–Crippen MR) is 137 cm³/mol. The molecule has 10 heteroatoms. The Balaban J connectivity index is 1.58. The van der Waals surface area contributed by atoms with Crippen LogP contribution in [-0.2, 0) is 4.79 Å². The van der Waals surface area contributed by atoms with Crippen LogP contribution < -0.4 is 25.5 Å². The van der Waals surface area contributed by atoms with Gasteiger partial charge >= 0.3 is 6.03 Å². The minimum absolute atomic E-state index is 0.223. The molecule has 3 amide bonds. The van der Waals surface area contributed by atoms with E-state index < -0.39 is 6.03 Å². The summed E-state index contributed by atoms with van der Waals surface area (Å²) in [4.78, 5) is 24.2. The number of ether oxygens (including phenoxy) is 2. The van der Waals surface area contributed by atoms with Gasteiger partial charge in [-0.3, -0.25) is 4.79 Å². The molecule has 0 heterocycles. The normalized spacial score (nSPS) is 10.6. The fourth-order valence-electron chi connectivity index (χ4n) is 2.86. The number of carbonyl (C=O) groups is 2. The molecule has 0 radical (unpaired) electrons. The molecule has 3 N–H and O–H groups in total. The Labute approximate surface area is 210 Å². The van der Waals surface area contributed by atoms with Crippen molar-refractivity contribution in [3.63, 3.8) is 0 Å². The number of amides is 3. The Kier molecular flexibility index (Phi) is 8.89. The lowest BCUT2D eigenvalue weighted by molar-refractivity contribution is -0.118. The minimum atomic E-state index is -0.500. The van der Waals surface area contributed by atoms with Gasteiger partial charge in [-0.2, -0.15) is 5.10 Å². The van der Waals surface area contributed by atoms with Crippen molar-refractivity contribution in [3.05, 3.63) is 81.3 Å². The van der Waals surface area contributed by atoms with Crippen LogP contribution in [0.4, 0.5) is 16.2 Å². The summed E-state index contributed by atoms with van der Waals surface area (Å²) in [5.74, 6) is 0.197. The predicted octanol–water partition coefficient (Wildman–Crippen LogP) is 5.59. The standard InChI is InChI=1S/C24H22BrClN4O4/c1-15-10-18(8-9-19(15)25)29-24(32)30-27-13-16-11-20(26)23(21(12-16)33-2)34-14-22(31)28-17-6-4-3-5-7-17/h3-13H,14H2,1-2H3,(H,28,31)(H2,29,30,32)/b27-13+. The number of urea groups is 1. The summed E-state index contributed by atoms with van der Waals surface area (Å²) in [6.45, 7) is 1.67. The van der Waals surface area contributed by atoms with Crippen LogP contribution in [0.1, 0.15) is 11.1 Å². The smallest absolute Gasteiger partial charge is 0.339 e. The van der Waals surface area contributed by atoms with Gasteiger partial charge in [0, 0.05) is 15.8 Å². The molecule has 0 aliphatic heterocycles. The number of hydrogen-bond donors (Lipinski definition) is 3. The van der Waals surface area contributed by atoms with E-state index in [0.717, 1.165) is 10.0 Å². The van der Waals surface area contributed by atoms with Gasteiger partial charge in [-0.25, -0.2) is 10.2 Å². The van der Waals surface area contributed by atoms with Gasteiger partial charge < -0.3 is 20.1 Å². The van der Waals surface area contributed by atoms with Gasteiger partial charge in [0.15, 0.2) is 18.1 Å². The van der Waals surface area contributed by atoms with E-state index in [2.05, 4.69) is 37.1 Å². The Morgan fingerprint density at radius 3 is 2.53 bits per heavy atom. The number of hydrazone groups is 1. The summed E-state index contributed by atoms with van der Waals surface area (Å²) in [5.41, 5.74) is 5.23. The van der Waals surface area contributed by atoms with E-state index in [-0.39, 0.29) is 23.3 Å². The number of nitrogens with one attached hydrogen (secondary N) is 3. The highest BCUT2D eigenvalue weighted by molar-refractivity contribution is 9.10. The molecular weight excluding hydrogens is 524 g/mol. The molecule has 0 bridgehead atoms. The monoisotopic (exact) mass is 544 g/mol. The summed E-state index contributed by atoms with van der Waals surface area (Å²) < 4.78 is 11.9. The number of aryl methyl sites for hydroxylation is 1. The quantitative estimate of drug-likeness (QED) is 0.254. The molecule has 34 heavy (non-hydrogen) atoms. The topological polar surface area (TPSA) is 101 Å². The fourth-order valence-corrected chi connectivity index (χ4v) is 3.38. The van der Waals surface area contributed by atoms with E-state index in [4.69, 9.17) is 21.1 Å². The molecule has 0 saturated heterocycles. The third-order valence-corrected chi connectivity index (χ3v) is 5.62. The molecule has 0 aliphatic rings. The lowest BCUT2D eigenvalue weighted by Gasteiger charge is -2.13. The van der Waals surface area contributed by atoms with E-state index >= 15 is 0 Å². The largest absolute Gasteiger partial charge is 0.493 e. The van der Waals surface area contributed by atoms with E-state index in [1.54, 1.807) is 30.3 Å². The molecule has 3 rings (SSSR count). The molecular formula is C24H22BrClN4O4.